The number of anilines is 1. The van der Waals surface area contributed by atoms with Gasteiger partial charge in [-0.05, 0) is 18.6 Å². The highest BCUT2D eigenvalue weighted by atomic mass is 14.9. The zero-order chi connectivity index (χ0) is 11.4. The van der Waals surface area contributed by atoms with E-state index >= 15 is 0 Å². The highest BCUT2D eigenvalue weighted by Gasteiger charge is 1.95. The molecule has 0 aliphatic heterocycles. The van der Waals surface area contributed by atoms with Crippen LogP contribution in [0.4, 0.5) is 5.69 Å². The SMILES string of the molecule is CC.CC.CCc1ncccc1NC. The Bertz CT molecular complexity index is 186. The van der Waals surface area contributed by atoms with Gasteiger partial charge in [-0.2, -0.15) is 0 Å². The number of nitrogens with zero attached hydrogens (tertiary/aromatic N) is 1. The second-order valence-corrected chi connectivity index (χ2v) is 2.10. The molecule has 0 saturated heterocycles. The summed E-state index contributed by atoms with van der Waals surface area (Å²) in [4.78, 5) is 4.21. The summed E-state index contributed by atoms with van der Waals surface area (Å²) in [6.45, 7) is 10.1. The standard InChI is InChI=1S/C8H12N2.2C2H6/c1-3-7-8(9-2)5-4-6-10-7;2*1-2/h4-6,9H,3H2,1-2H3;2*1-2H3. The van der Waals surface area contributed by atoms with Crippen LogP contribution in [0, 0.1) is 0 Å². The molecule has 1 N–H and O–H groups in total. The molecule has 0 aliphatic carbocycles. The van der Waals surface area contributed by atoms with E-state index in [1.165, 1.54) is 0 Å². The summed E-state index contributed by atoms with van der Waals surface area (Å²) in [5.74, 6) is 0. The number of aromatic nitrogens is 1. The molecule has 1 heterocycles. The fourth-order valence-corrected chi connectivity index (χ4v) is 0.947. The first kappa shape index (κ1) is 15.4. The lowest BCUT2D eigenvalue weighted by Gasteiger charge is -2.03. The Morgan fingerprint density at radius 2 is 1.79 bits per heavy atom. The Morgan fingerprint density at radius 3 is 2.14 bits per heavy atom. The highest BCUT2D eigenvalue weighted by Crippen LogP contribution is 2.10. The van der Waals surface area contributed by atoms with E-state index in [0.717, 1.165) is 17.8 Å². The largest absolute Gasteiger partial charge is 0.387 e. The first-order chi connectivity index (χ1) is 6.88. The minimum absolute atomic E-state index is 0.983. The molecule has 0 radical (unpaired) electrons. The Hall–Kier alpha value is -1.05. The van der Waals surface area contributed by atoms with Gasteiger partial charge in [0.25, 0.3) is 0 Å². The number of pyridine rings is 1. The van der Waals surface area contributed by atoms with E-state index in [2.05, 4.69) is 17.2 Å². The van der Waals surface area contributed by atoms with Gasteiger partial charge in [0.1, 0.15) is 0 Å². The van der Waals surface area contributed by atoms with Gasteiger partial charge in [-0.1, -0.05) is 34.6 Å². The number of hydrogen-bond donors (Lipinski definition) is 1. The van der Waals surface area contributed by atoms with Crippen LogP contribution in [-0.2, 0) is 6.42 Å². The third-order valence-electron chi connectivity index (χ3n) is 1.49. The topological polar surface area (TPSA) is 24.9 Å². The van der Waals surface area contributed by atoms with Crippen LogP contribution in [-0.4, -0.2) is 12.0 Å². The Kier molecular flexibility index (Phi) is 13.2. The van der Waals surface area contributed by atoms with Crippen molar-refractivity contribution in [1.82, 2.24) is 4.98 Å². The van der Waals surface area contributed by atoms with Crippen LogP contribution in [0.1, 0.15) is 40.3 Å². The van der Waals surface area contributed by atoms with Gasteiger partial charge in [-0.3, -0.25) is 4.98 Å². The molecular weight excluding hydrogens is 172 g/mol. The van der Waals surface area contributed by atoms with Crippen molar-refractivity contribution in [2.75, 3.05) is 12.4 Å². The summed E-state index contributed by atoms with van der Waals surface area (Å²) in [7, 11) is 1.91. The van der Waals surface area contributed by atoms with E-state index in [4.69, 9.17) is 0 Å². The molecule has 0 aromatic carbocycles. The lowest BCUT2D eigenvalue weighted by Crippen LogP contribution is -1.95. The summed E-state index contributed by atoms with van der Waals surface area (Å²) in [5.41, 5.74) is 2.26. The lowest BCUT2D eigenvalue weighted by molar-refractivity contribution is 1.04. The normalized spacial score (nSPS) is 7.57. The summed E-state index contributed by atoms with van der Waals surface area (Å²) >= 11 is 0. The molecule has 0 fully saturated rings. The van der Waals surface area contributed by atoms with Crippen molar-refractivity contribution in [3.63, 3.8) is 0 Å². The monoisotopic (exact) mass is 196 g/mol. The maximum atomic E-state index is 4.21. The van der Waals surface area contributed by atoms with Crippen LogP contribution in [0.3, 0.4) is 0 Å². The molecule has 1 rings (SSSR count). The molecule has 2 nitrogen and oxygen atoms in total. The molecule has 0 spiro atoms. The molecule has 1 aromatic rings. The average molecular weight is 196 g/mol. The van der Waals surface area contributed by atoms with Gasteiger partial charge >= 0.3 is 0 Å². The summed E-state index contributed by atoms with van der Waals surface area (Å²) < 4.78 is 0. The maximum absolute atomic E-state index is 4.21. The fourth-order valence-electron chi connectivity index (χ4n) is 0.947. The van der Waals surface area contributed by atoms with Gasteiger partial charge < -0.3 is 5.32 Å². The van der Waals surface area contributed by atoms with Crippen molar-refractivity contribution < 1.29 is 0 Å². The van der Waals surface area contributed by atoms with Crippen molar-refractivity contribution in [2.24, 2.45) is 0 Å². The molecule has 0 unspecified atom stereocenters. The van der Waals surface area contributed by atoms with E-state index in [-0.39, 0.29) is 0 Å². The average Bonchev–Trinajstić information content (AvgIpc) is 2.34. The van der Waals surface area contributed by atoms with Gasteiger partial charge in [-0.25, -0.2) is 0 Å². The van der Waals surface area contributed by atoms with Gasteiger partial charge in [0.2, 0.25) is 0 Å². The number of aryl methyl sites for hydroxylation is 1. The molecule has 2 heteroatoms. The lowest BCUT2D eigenvalue weighted by atomic mass is 10.2. The minimum atomic E-state index is 0.983. The predicted octanol–water partition coefficient (Wildman–Crippen LogP) is 3.74. The molecule has 0 atom stereocenters. The molecule has 0 aliphatic rings. The van der Waals surface area contributed by atoms with Gasteiger partial charge in [0.15, 0.2) is 0 Å². The molecule has 1 aromatic heterocycles. The van der Waals surface area contributed by atoms with Crippen molar-refractivity contribution in [3.8, 4) is 0 Å². The second-order valence-electron chi connectivity index (χ2n) is 2.10. The van der Waals surface area contributed by atoms with Gasteiger partial charge in [0, 0.05) is 13.2 Å². The molecule has 14 heavy (non-hydrogen) atoms. The highest BCUT2D eigenvalue weighted by molar-refractivity contribution is 5.46. The van der Waals surface area contributed by atoms with Crippen LogP contribution in [0.15, 0.2) is 18.3 Å². The molecular formula is C12H24N2. The molecule has 0 saturated carbocycles. The van der Waals surface area contributed by atoms with Gasteiger partial charge in [-0.15, -0.1) is 0 Å². The molecule has 0 amide bonds. The Labute approximate surface area is 88.8 Å². The van der Waals surface area contributed by atoms with Crippen LogP contribution in [0.2, 0.25) is 0 Å². The molecule has 82 valence electrons. The van der Waals surface area contributed by atoms with E-state index in [1.54, 1.807) is 0 Å². The van der Waals surface area contributed by atoms with Crippen LogP contribution in [0.25, 0.3) is 0 Å². The minimum Gasteiger partial charge on any atom is -0.387 e. The van der Waals surface area contributed by atoms with Crippen molar-refractivity contribution in [1.29, 1.82) is 0 Å². The Morgan fingerprint density at radius 1 is 1.21 bits per heavy atom. The number of hydrogen-bond acceptors (Lipinski definition) is 2. The van der Waals surface area contributed by atoms with Crippen molar-refractivity contribution in [3.05, 3.63) is 24.0 Å². The first-order valence-corrected chi connectivity index (χ1v) is 5.50. The van der Waals surface area contributed by atoms with Crippen molar-refractivity contribution in [2.45, 2.75) is 41.0 Å². The summed E-state index contributed by atoms with van der Waals surface area (Å²) in [6, 6.07) is 3.97. The van der Waals surface area contributed by atoms with E-state index in [0.29, 0.717) is 0 Å². The van der Waals surface area contributed by atoms with Crippen molar-refractivity contribution >= 4 is 5.69 Å². The first-order valence-electron chi connectivity index (χ1n) is 5.50. The van der Waals surface area contributed by atoms with Crippen LogP contribution < -0.4 is 5.32 Å². The quantitative estimate of drug-likeness (QED) is 0.779. The third kappa shape index (κ3) is 5.57. The van der Waals surface area contributed by atoms with Crippen LogP contribution >= 0.6 is 0 Å². The summed E-state index contributed by atoms with van der Waals surface area (Å²) in [5, 5.41) is 3.08. The predicted molar refractivity (Wildman–Crippen MR) is 65.9 cm³/mol. The van der Waals surface area contributed by atoms with E-state index < -0.39 is 0 Å². The van der Waals surface area contributed by atoms with Gasteiger partial charge in [0.05, 0.1) is 11.4 Å². The Balaban J connectivity index is 0. The second kappa shape index (κ2) is 11.9. The third-order valence-corrected chi connectivity index (χ3v) is 1.49. The zero-order valence-electron chi connectivity index (χ0n) is 10.4. The van der Waals surface area contributed by atoms with E-state index in [9.17, 15) is 0 Å². The fraction of sp³-hybridized carbons (Fsp3) is 0.583. The maximum Gasteiger partial charge on any atom is 0.0631 e. The number of rotatable bonds is 2. The number of nitrogens with one attached hydrogen (secondary N) is 1. The molecule has 0 bridgehead atoms. The smallest absolute Gasteiger partial charge is 0.0631 e. The summed E-state index contributed by atoms with van der Waals surface area (Å²) in [6.07, 6.45) is 2.80. The van der Waals surface area contributed by atoms with Crippen LogP contribution in [0.5, 0.6) is 0 Å². The zero-order valence-corrected chi connectivity index (χ0v) is 10.4. The van der Waals surface area contributed by atoms with E-state index in [1.807, 2.05) is 53.1 Å².